The summed E-state index contributed by atoms with van der Waals surface area (Å²) in [5.41, 5.74) is 4.32. The summed E-state index contributed by atoms with van der Waals surface area (Å²) >= 11 is 0. The fourth-order valence-electron chi connectivity index (χ4n) is 2.66. The van der Waals surface area contributed by atoms with E-state index < -0.39 is 5.91 Å². The second kappa shape index (κ2) is 9.70. The zero-order chi connectivity index (χ0) is 18.1. The number of amides is 1. The first-order valence-electron chi connectivity index (χ1n) is 8.87. The minimum Gasteiger partial charge on any atom is -0.359 e. The van der Waals surface area contributed by atoms with Crippen molar-refractivity contribution in [2.24, 2.45) is 0 Å². The Morgan fingerprint density at radius 1 is 1.28 bits per heavy atom. The highest BCUT2D eigenvalue weighted by atomic mass is 16.5. The van der Waals surface area contributed by atoms with E-state index in [-0.39, 0.29) is 6.54 Å². The molecule has 0 aliphatic rings. The number of imidazole rings is 1. The molecule has 0 bridgehead atoms. The van der Waals surface area contributed by atoms with Crippen LogP contribution < -0.4 is 10.8 Å². The highest BCUT2D eigenvalue weighted by Crippen LogP contribution is 2.20. The van der Waals surface area contributed by atoms with Crippen molar-refractivity contribution in [2.75, 3.05) is 11.9 Å². The van der Waals surface area contributed by atoms with E-state index in [1.54, 1.807) is 5.48 Å². The van der Waals surface area contributed by atoms with Crippen molar-refractivity contribution in [3.05, 3.63) is 29.6 Å². The fraction of sp³-hybridized carbons (Fsp3) is 0.474. The number of aromatic nitrogens is 2. The number of anilines is 1. The average molecular weight is 342 g/mol. The monoisotopic (exact) mass is 342 g/mol. The van der Waals surface area contributed by atoms with Crippen LogP contribution in [0.15, 0.2) is 18.2 Å². The van der Waals surface area contributed by atoms with Crippen LogP contribution in [0.25, 0.3) is 5.65 Å². The smallest absolute Gasteiger partial charge is 0.262 e. The van der Waals surface area contributed by atoms with Crippen LogP contribution in [-0.2, 0) is 11.2 Å². The Bertz CT molecular complexity index is 771. The Kier molecular flexibility index (Phi) is 7.30. The Morgan fingerprint density at radius 2 is 2.12 bits per heavy atom. The quantitative estimate of drug-likeness (QED) is 0.298. The zero-order valence-corrected chi connectivity index (χ0v) is 14.9. The standard InChI is InChI=1S/C19H26N4O2/c1-3-5-6-7-8-12-16-19(20-14-18(24)22-25)21-17-13-9-11-15(10-4-2)23(16)17/h9,11,13,20,25H,3-7,10,14H2,1-2H3,(H,22,24). The number of rotatable bonds is 8. The number of hydrogen-bond donors (Lipinski definition) is 3. The minimum absolute atomic E-state index is 0.0615. The van der Waals surface area contributed by atoms with Crippen molar-refractivity contribution in [3.63, 3.8) is 0 Å². The van der Waals surface area contributed by atoms with Crippen LogP contribution in [0, 0.1) is 11.8 Å². The van der Waals surface area contributed by atoms with Crippen LogP contribution >= 0.6 is 0 Å². The maximum Gasteiger partial charge on any atom is 0.262 e. The summed E-state index contributed by atoms with van der Waals surface area (Å²) in [6.07, 6.45) is 6.21. The molecule has 3 N–H and O–H groups in total. The third-order valence-corrected chi connectivity index (χ3v) is 3.88. The van der Waals surface area contributed by atoms with E-state index in [9.17, 15) is 4.79 Å². The summed E-state index contributed by atoms with van der Waals surface area (Å²) in [5.74, 6) is 6.50. The molecule has 0 unspecified atom stereocenters. The Labute approximate surface area is 148 Å². The number of hydroxylamine groups is 1. The van der Waals surface area contributed by atoms with Crippen molar-refractivity contribution in [3.8, 4) is 11.8 Å². The van der Waals surface area contributed by atoms with E-state index in [4.69, 9.17) is 5.21 Å². The molecule has 0 radical (unpaired) electrons. The molecule has 2 aromatic heterocycles. The summed E-state index contributed by atoms with van der Waals surface area (Å²) in [5, 5.41) is 11.6. The molecule has 0 atom stereocenters. The number of aryl methyl sites for hydroxylation is 1. The molecule has 0 aromatic carbocycles. The molecule has 0 fully saturated rings. The fourth-order valence-corrected chi connectivity index (χ4v) is 2.66. The maximum atomic E-state index is 11.3. The van der Waals surface area contributed by atoms with E-state index in [0.29, 0.717) is 5.82 Å². The number of fused-ring (bicyclic) bond motifs is 1. The molecule has 134 valence electrons. The Hall–Kier alpha value is -2.52. The highest BCUT2D eigenvalue weighted by Gasteiger charge is 2.13. The van der Waals surface area contributed by atoms with Gasteiger partial charge in [-0.2, -0.15) is 0 Å². The number of nitrogens with one attached hydrogen (secondary N) is 2. The summed E-state index contributed by atoms with van der Waals surface area (Å²) in [6, 6.07) is 5.99. The molecule has 0 saturated heterocycles. The highest BCUT2D eigenvalue weighted by molar-refractivity contribution is 5.80. The molecule has 1 amide bonds. The largest absolute Gasteiger partial charge is 0.359 e. The van der Waals surface area contributed by atoms with Gasteiger partial charge >= 0.3 is 0 Å². The van der Waals surface area contributed by atoms with Crippen LogP contribution in [-0.4, -0.2) is 27.0 Å². The topological polar surface area (TPSA) is 78.7 Å². The summed E-state index contributed by atoms with van der Waals surface area (Å²) in [6.45, 7) is 4.24. The van der Waals surface area contributed by atoms with Gasteiger partial charge < -0.3 is 5.32 Å². The van der Waals surface area contributed by atoms with E-state index in [1.165, 1.54) is 12.8 Å². The first kappa shape index (κ1) is 18.8. The lowest BCUT2D eigenvalue weighted by molar-refractivity contribution is -0.127. The van der Waals surface area contributed by atoms with Crippen molar-refractivity contribution < 1.29 is 10.0 Å². The lowest BCUT2D eigenvalue weighted by Crippen LogP contribution is -2.27. The van der Waals surface area contributed by atoms with Crippen LogP contribution in [0.5, 0.6) is 0 Å². The molecular weight excluding hydrogens is 316 g/mol. The van der Waals surface area contributed by atoms with Gasteiger partial charge in [0.25, 0.3) is 5.91 Å². The first-order chi connectivity index (χ1) is 12.2. The van der Waals surface area contributed by atoms with Gasteiger partial charge in [-0.1, -0.05) is 45.1 Å². The third kappa shape index (κ3) is 4.97. The minimum atomic E-state index is -0.521. The van der Waals surface area contributed by atoms with Gasteiger partial charge in [0, 0.05) is 12.1 Å². The SMILES string of the molecule is CCCCCC#Cc1c(NCC(=O)NO)nc2cccc(CCC)n12. The van der Waals surface area contributed by atoms with Crippen LogP contribution in [0.1, 0.15) is 57.3 Å². The lowest BCUT2D eigenvalue weighted by Gasteiger charge is -2.06. The van der Waals surface area contributed by atoms with E-state index in [2.05, 4.69) is 46.5 Å². The Balaban J connectivity index is 2.38. The molecule has 0 aliphatic carbocycles. The molecule has 2 heterocycles. The van der Waals surface area contributed by atoms with Gasteiger partial charge in [-0.3, -0.25) is 14.4 Å². The van der Waals surface area contributed by atoms with Crippen molar-refractivity contribution in [2.45, 2.75) is 52.4 Å². The maximum absolute atomic E-state index is 11.3. The third-order valence-electron chi connectivity index (χ3n) is 3.88. The molecule has 0 saturated carbocycles. The van der Waals surface area contributed by atoms with Crippen LogP contribution in [0.3, 0.4) is 0 Å². The Morgan fingerprint density at radius 3 is 2.84 bits per heavy atom. The van der Waals surface area contributed by atoms with Gasteiger partial charge in [-0.15, -0.1) is 0 Å². The predicted molar refractivity (Wildman–Crippen MR) is 98.6 cm³/mol. The zero-order valence-electron chi connectivity index (χ0n) is 14.9. The predicted octanol–water partition coefficient (Wildman–Crippen LogP) is 3.14. The molecule has 6 heteroatoms. The lowest BCUT2D eigenvalue weighted by atomic mass is 10.2. The molecular formula is C19H26N4O2. The van der Waals surface area contributed by atoms with Crippen molar-refractivity contribution in [1.29, 1.82) is 0 Å². The van der Waals surface area contributed by atoms with E-state index >= 15 is 0 Å². The molecule has 2 aromatic rings. The summed E-state index contributed by atoms with van der Waals surface area (Å²) in [4.78, 5) is 15.9. The number of unbranched alkanes of at least 4 members (excludes halogenated alkanes) is 3. The molecule has 25 heavy (non-hydrogen) atoms. The second-order valence-electron chi connectivity index (χ2n) is 5.92. The average Bonchev–Trinajstić information content (AvgIpc) is 2.98. The van der Waals surface area contributed by atoms with Crippen molar-refractivity contribution in [1.82, 2.24) is 14.9 Å². The summed E-state index contributed by atoms with van der Waals surface area (Å²) in [7, 11) is 0. The van der Waals surface area contributed by atoms with Gasteiger partial charge in [-0.05, 0) is 30.9 Å². The second-order valence-corrected chi connectivity index (χ2v) is 5.92. The number of pyridine rings is 1. The molecule has 2 rings (SSSR count). The van der Waals surface area contributed by atoms with E-state index in [1.807, 2.05) is 12.1 Å². The number of hydrogen-bond acceptors (Lipinski definition) is 4. The number of carbonyl (C=O) groups excluding carboxylic acids is 1. The number of nitrogens with zero attached hydrogens (tertiary/aromatic N) is 2. The van der Waals surface area contributed by atoms with Crippen molar-refractivity contribution >= 4 is 17.4 Å². The van der Waals surface area contributed by atoms with Gasteiger partial charge in [0.15, 0.2) is 5.82 Å². The van der Waals surface area contributed by atoms with E-state index in [0.717, 1.165) is 42.7 Å². The van der Waals surface area contributed by atoms with Gasteiger partial charge in [0.1, 0.15) is 11.3 Å². The first-order valence-corrected chi connectivity index (χ1v) is 8.87. The summed E-state index contributed by atoms with van der Waals surface area (Å²) < 4.78 is 2.05. The normalized spacial score (nSPS) is 10.4. The van der Waals surface area contributed by atoms with Crippen LogP contribution in [0.4, 0.5) is 5.82 Å². The van der Waals surface area contributed by atoms with Gasteiger partial charge in [0.05, 0.1) is 6.54 Å². The molecule has 0 spiro atoms. The van der Waals surface area contributed by atoms with Crippen LogP contribution in [0.2, 0.25) is 0 Å². The van der Waals surface area contributed by atoms with Gasteiger partial charge in [-0.25, -0.2) is 10.5 Å². The number of carbonyl (C=O) groups is 1. The molecule has 0 aliphatic heterocycles. The molecule has 6 nitrogen and oxygen atoms in total. The van der Waals surface area contributed by atoms with Gasteiger partial charge in [0.2, 0.25) is 0 Å².